The Labute approximate surface area is 188 Å². The van der Waals surface area contributed by atoms with Gasteiger partial charge in [0.15, 0.2) is 5.16 Å². The molecule has 0 unspecified atom stereocenters. The number of hydrogen-bond donors (Lipinski definition) is 0. The summed E-state index contributed by atoms with van der Waals surface area (Å²) in [6.07, 6.45) is 0. The zero-order valence-corrected chi connectivity index (χ0v) is 19.7. The van der Waals surface area contributed by atoms with Crippen LogP contribution >= 0.6 is 27.7 Å². The van der Waals surface area contributed by atoms with Crippen molar-refractivity contribution < 1.29 is 19.1 Å². The van der Waals surface area contributed by atoms with Crippen LogP contribution in [0.3, 0.4) is 0 Å². The Kier molecular flexibility index (Phi) is 6.88. The summed E-state index contributed by atoms with van der Waals surface area (Å²) in [5, 5.41) is 0.706. The SMILES string of the molecule is COC(=O)c1ccc(Br)c(CSc2nc3ccccc3n2CC(=O)OC(C)(C)C)c1. The van der Waals surface area contributed by atoms with Gasteiger partial charge in [-0.3, -0.25) is 4.79 Å². The number of benzene rings is 2. The quantitative estimate of drug-likeness (QED) is 0.348. The van der Waals surface area contributed by atoms with Gasteiger partial charge in [0.2, 0.25) is 0 Å². The second-order valence-corrected chi connectivity index (χ2v) is 9.44. The third kappa shape index (κ3) is 5.43. The number of carbonyl (C=O) groups excluding carboxylic acids is 2. The number of imidazole rings is 1. The number of halogens is 1. The Morgan fingerprint density at radius 3 is 2.60 bits per heavy atom. The van der Waals surface area contributed by atoms with E-state index in [2.05, 4.69) is 15.9 Å². The molecule has 0 N–H and O–H groups in total. The van der Waals surface area contributed by atoms with Gasteiger partial charge in [0.1, 0.15) is 12.1 Å². The Bertz CT molecular complexity index is 1090. The summed E-state index contributed by atoms with van der Waals surface area (Å²) in [5.41, 5.74) is 2.54. The number of hydrogen-bond acceptors (Lipinski definition) is 6. The summed E-state index contributed by atoms with van der Waals surface area (Å²) in [5.74, 6) is -0.143. The lowest BCUT2D eigenvalue weighted by molar-refractivity contribution is -0.155. The summed E-state index contributed by atoms with van der Waals surface area (Å²) >= 11 is 5.02. The fourth-order valence-corrected chi connectivity index (χ4v) is 4.47. The van der Waals surface area contributed by atoms with E-state index in [1.165, 1.54) is 18.9 Å². The zero-order valence-electron chi connectivity index (χ0n) is 17.3. The summed E-state index contributed by atoms with van der Waals surface area (Å²) in [4.78, 5) is 29.0. The first-order chi connectivity index (χ1) is 14.2. The van der Waals surface area contributed by atoms with Gasteiger partial charge in [0.05, 0.1) is 23.7 Å². The predicted molar refractivity (Wildman–Crippen MR) is 121 cm³/mol. The second kappa shape index (κ2) is 9.22. The van der Waals surface area contributed by atoms with Crippen LogP contribution < -0.4 is 0 Å². The van der Waals surface area contributed by atoms with Gasteiger partial charge in [0, 0.05) is 10.2 Å². The standard InChI is InChI=1S/C22H23BrN2O4S/c1-22(2,3)29-19(26)12-25-18-8-6-5-7-17(18)24-21(25)30-13-15-11-14(20(27)28-4)9-10-16(15)23/h5-11H,12-13H2,1-4H3. The van der Waals surface area contributed by atoms with E-state index in [4.69, 9.17) is 14.5 Å². The number of fused-ring (bicyclic) bond motifs is 1. The molecule has 0 aliphatic carbocycles. The summed E-state index contributed by atoms with van der Waals surface area (Å²) in [6.45, 7) is 5.61. The zero-order chi connectivity index (χ0) is 21.9. The maximum Gasteiger partial charge on any atom is 0.337 e. The molecule has 6 nitrogen and oxygen atoms in total. The van der Waals surface area contributed by atoms with Crippen molar-refractivity contribution in [1.29, 1.82) is 0 Å². The molecule has 0 saturated heterocycles. The van der Waals surface area contributed by atoms with E-state index < -0.39 is 5.60 Å². The first-order valence-electron chi connectivity index (χ1n) is 9.34. The van der Waals surface area contributed by atoms with E-state index in [0.29, 0.717) is 16.5 Å². The highest BCUT2D eigenvalue weighted by Crippen LogP contribution is 2.30. The average molecular weight is 491 g/mol. The predicted octanol–water partition coefficient (Wildman–Crippen LogP) is 5.22. The van der Waals surface area contributed by atoms with Crippen LogP contribution in [0.2, 0.25) is 0 Å². The van der Waals surface area contributed by atoms with Gasteiger partial charge >= 0.3 is 11.9 Å². The lowest BCUT2D eigenvalue weighted by atomic mass is 10.1. The maximum atomic E-state index is 12.5. The highest BCUT2D eigenvalue weighted by molar-refractivity contribution is 9.10. The molecule has 3 rings (SSSR count). The lowest BCUT2D eigenvalue weighted by Crippen LogP contribution is -2.26. The molecule has 158 valence electrons. The minimum atomic E-state index is -0.556. The molecule has 3 aromatic rings. The van der Waals surface area contributed by atoms with Crippen molar-refractivity contribution in [2.75, 3.05) is 7.11 Å². The van der Waals surface area contributed by atoms with Crippen molar-refractivity contribution in [3.63, 3.8) is 0 Å². The van der Waals surface area contributed by atoms with Crippen LogP contribution in [0.5, 0.6) is 0 Å². The Balaban J connectivity index is 1.88. The first-order valence-corrected chi connectivity index (χ1v) is 11.1. The number of methoxy groups -OCH3 is 1. The minimum Gasteiger partial charge on any atom is -0.465 e. The molecule has 8 heteroatoms. The van der Waals surface area contributed by atoms with Crippen LogP contribution in [-0.4, -0.2) is 34.2 Å². The van der Waals surface area contributed by atoms with Gasteiger partial charge in [-0.2, -0.15) is 0 Å². The Hall–Kier alpha value is -2.32. The number of para-hydroxylation sites is 2. The monoisotopic (exact) mass is 490 g/mol. The summed E-state index contributed by atoms with van der Waals surface area (Å²) < 4.78 is 13.1. The smallest absolute Gasteiger partial charge is 0.337 e. The van der Waals surface area contributed by atoms with Crippen molar-refractivity contribution in [3.05, 3.63) is 58.1 Å². The number of carbonyl (C=O) groups is 2. The number of esters is 2. The highest BCUT2D eigenvalue weighted by atomic mass is 79.9. The van der Waals surface area contributed by atoms with E-state index >= 15 is 0 Å². The molecule has 0 amide bonds. The molecule has 0 atom stereocenters. The number of ether oxygens (including phenoxy) is 2. The van der Waals surface area contributed by atoms with E-state index in [1.807, 2.05) is 55.7 Å². The van der Waals surface area contributed by atoms with Crippen LogP contribution in [0.4, 0.5) is 0 Å². The molecule has 0 fully saturated rings. The Morgan fingerprint density at radius 1 is 1.17 bits per heavy atom. The first kappa shape index (κ1) is 22.4. The largest absolute Gasteiger partial charge is 0.465 e. The second-order valence-electron chi connectivity index (χ2n) is 7.64. The molecule has 2 aromatic carbocycles. The minimum absolute atomic E-state index is 0.0729. The molecule has 30 heavy (non-hydrogen) atoms. The van der Waals surface area contributed by atoms with Crippen molar-refractivity contribution in [2.24, 2.45) is 0 Å². The van der Waals surface area contributed by atoms with Gasteiger partial charge in [0.25, 0.3) is 0 Å². The third-order valence-electron chi connectivity index (χ3n) is 4.15. The number of aromatic nitrogens is 2. The number of nitrogens with zero attached hydrogens (tertiary/aromatic N) is 2. The van der Waals surface area contributed by atoms with Crippen molar-refractivity contribution in [2.45, 2.75) is 43.8 Å². The number of thioether (sulfide) groups is 1. The molecule has 0 aliphatic rings. The van der Waals surface area contributed by atoms with Gasteiger partial charge in [-0.15, -0.1) is 0 Å². The van der Waals surface area contributed by atoms with Crippen LogP contribution in [0, 0.1) is 0 Å². The van der Waals surface area contributed by atoms with Crippen molar-refractivity contribution in [3.8, 4) is 0 Å². The normalized spacial score (nSPS) is 11.5. The molecule has 0 bridgehead atoms. The average Bonchev–Trinajstić information content (AvgIpc) is 3.02. The Morgan fingerprint density at radius 2 is 1.90 bits per heavy atom. The molecule has 0 aliphatic heterocycles. The molecular weight excluding hydrogens is 468 g/mol. The molecule has 1 aromatic heterocycles. The van der Waals surface area contributed by atoms with Crippen LogP contribution in [0.15, 0.2) is 52.1 Å². The van der Waals surface area contributed by atoms with Crippen LogP contribution in [-0.2, 0) is 26.6 Å². The van der Waals surface area contributed by atoms with Crippen molar-refractivity contribution >= 4 is 50.7 Å². The fourth-order valence-electron chi connectivity index (χ4n) is 2.89. The van der Waals surface area contributed by atoms with Crippen molar-refractivity contribution in [1.82, 2.24) is 9.55 Å². The van der Waals surface area contributed by atoms with E-state index in [-0.39, 0.29) is 18.5 Å². The fraction of sp³-hybridized carbons (Fsp3) is 0.318. The lowest BCUT2D eigenvalue weighted by Gasteiger charge is -2.20. The van der Waals surface area contributed by atoms with E-state index in [1.54, 1.807) is 12.1 Å². The van der Waals surface area contributed by atoms with E-state index in [0.717, 1.165) is 21.1 Å². The molecule has 0 saturated carbocycles. The molecule has 0 radical (unpaired) electrons. The summed E-state index contributed by atoms with van der Waals surface area (Å²) in [6, 6.07) is 13.0. The molecule has 0 spiro atoms. The summed E-state index contributed by atoms with van der Waals surface area (Å²) in [7, 11) is 1.36. The topological polar surface area (TPSA) is 70.4 Å². The number of rotatable bonds is 6. The van der Waals surface area contributed by atoms with Gasteiger partial charge in [-0.25, -0.2) is 9.78 Å². The van der Waals surface area contributed by atoms with Crippen LogP contribution in [0.25, 0.3) is 11.0 Å². The van der Waals surface area contributed by atoms with Gasteiger partial charge in [-0.05, 0) is 56.7 Å². The van der Waals surface area contributed by atoms with E-state index in [9.17, 15) is 9.59 Å². The van der Waals surface area contributed by atoms with Gasteiger partial charge in [-0.1, -0.05) is 39.8 Å². The van der Waals surface area contributed by atoms with Gasteiger partial charge < -0.3 is 14.0 Å². The van der Waals surface area contributed by atoms with Crippen LogP contribution in [0.1, 0.15) is 36.7 Å². The third-order valence-corrected chi connectivity index (χ3v) is 5.95. The molecular formula is C22H23BrN2O4S. The maximum absolute atomic E-state index is 12.5. The molecule has 1 heterocycles. The highest BCUT2D eigenvalue weighted by Gasteiger charge is 2.20.